The Labute approximate surface area is 106 Å². The number of sulfone groups is 1. The number of hydrogen-bond acceptors (Lipinski definition) is 3. The molecule has 0 aliphatic heterocycles. The van der Waals surface area contributed by atoms with Gasteiger partial charge >= 0.3 is 0 Å². The highest BCUT2D eigenvalue weighted by atomic mass is 32.2. The van der Waals surface area contributed by atoms with Gasteiger partial charge in [0.1, 0.15) is 10.7 Å². The van der Waals surface area contributed by atoms with Crippen molar-refractivity contribution in [1.29, 1.82) is 0 Å². The van der Waals surface area contributed by atoms with Crippen LogP contribution in [-0.4, -0.2) is 20.6 Å². The molecule has 6 heteroatoms. The highest BCUT2D eigenvalue weighted by Gasteiger charge is 2.22. The van der Waals surface area contributed by atoms with E-state index in [1.807, 2.05) is 0 Å². The van der Waals surface area contributed by atoms with Crippen LogP contribution >= 0.6 is 0 Å². The van der Waals surface area contributed by atoms with Crippen molar-refractivity contribution < 1.29 is 17.6 Å². The summed E-state index contributed by atoms with van der Waals surface area (Å²) in [6, 6.07) is 3.51. The molecule has 100 valence electrons. The summed E-state index contributed by atoms with van der Waals surface area (Å²) in [5, 5.41) is 2.53. The lowest BCUT2D eigenvalue weighted by Crippen LogP contribution is -2.27. The Morgan fingerprint density at radius 3 is 2.22 bits per heavy atom. The van der Waals surface area contributed by atoms with Crippen molar-refractivity contribution >= 4 is 21.4 Å². The molecule has 1 rings (SSSR count). The molecule has 0 bridgehead atoms. The van der Waals surface area contributed by atoms with Gasteiger partial charge in [-0.2, -0.15) is 0 Å². The molecular formula is C12H16FNO3S. The van der Waals surface area contributed by atoms with Crippen molar-refractivity contribution in [3.63, 3.8) is 0 Å². The van der Waals surface area contributed by atoms with Gasteiger partial charge in [0, 0.05) is 17.4 Å². The van der Waals surface area contributed by atoms with E-state index in [4.69, 9.17) is 0 Å². The summed E-state index contributed by atoms with van der Waals surface area (Å²) in [6.07, 6.45) is 0.929. The van der Waals surface area contributed by atoms with Gasteiger partial charge in [0.05, 0.1) is 0 Å². The van der Waals surface area contributed by atoms with E-state index >= 15 is 0 Å². The first-order chi connectivity index (χ1) is 8.01. The average Bonchev–Trinajstić information content (AvgIpc) is 2.13. The van der Waals surface area contributed by atoms with Crippen molar-refractivity contribution in [3.8, 4) is 0 Å². The molecule has 0 radical (unpaired) electrons. The van der Waals surface area contributed by atoms with E-state index < -0.39 is 21.1 Å². The fourth-order valence-electron chi connectivity index (χ4n) is 1.20. The molecule has 1 amide bonds. The van der Waals surface area contributed by atoms with Crippen LogP contribution < -0.4 is 5.32 Å². The van der Waals surface area contributed by atoms with Crippen LogP contribution in [0.25, 0.3) is 0 Å². The molecule has 1 aromatic carbocycles. The van der Waals surface area contributed by atoms with Crippen LogP contribution in [0.4, 0.5) is 10.1 Å². The molecule has 0 atom stereocenters. The normalized spacial score (nSPS) is 12.3. The summed E-state index contributed by atoms with van der Waals surface area (Å²) >= 11 is 0. The number of rotatable bonds is 2. The van der Waals surface area contributed by atoms with Gasteiger partial charge in [0.2, 0.25) is 5.91 Å². The van der Waals surface area contributed by atoms with Crippen LogP contribution in [0.2, 0.25) is 0 Å². The molecule has 0 fully saturated rings. The maximum Gasteiger partial charge on any atom is 0.229 e. The Hall–Kier alpha value is -1.43. The van der Waals surface area contributed by atoms with Crippen LogP contribution in [0.1, 0.15) is 20.8 Å². The summed E-state index contributed by atoms with van der Waals surface area (Å²) in [6.45, 7) is 5.18. The van der Waals surface area contributed by atoms with Gasteiger partial charge in [-0.25, -0.2) is 12.8 Å². The highest BCUT2D eigenvalue weighted by Crippen LogP contribution is 2.21. The summed E-state index contributed by atoms with van der Waals surface area (Å²) in [5.41, 5.74) is -0.369. The molecule has 1 N–H and O–H groups in total. The van der Waals surface area contributed by atoms with E-state index in [1.54, 1.807) is 20.8 Å². The van der Waals surface area contributed by atoms with Crippen LogP contribution in [-0.2, 0) is 14.6 Å². The second-order valence-corrected chi connectivity index (χ2v) is 7.11. The van der Waals surface area contributed by atoms with Gasteiger partial charge < -0.3 is 5.32 Å². The monoisotopic (exact) mass is 273 g/mol. The highest BCUT2D eigenvalue weighted by molar-refractivity contribution is 7.90. The quantitative estimate of drug-likeness (QED) is 0.898. The van der Waals surface area contributed by atoms with E-state index in [0.29, 0.717) is 0 Å². The minimum Gasteiger partial charge on any atom is -0.326 e. The summed E-state index contributed by atoms with van der Waals surface area (Å²) in [5.74, 6) is -1.14. The third kappa shape index (κ3) is 3.53. The first-order valence-corrected chi connectivity index (χ1v) is 7.22. The third-order valence-electron chi connectivity index (χ3n) is 2.27. The Balaban J connectivity index is 3.04. The lowest BCUT2D eigenvalue weighted by Gasteiger charge is -2.17. The zero-order valence-electron chi connectivity index (χ0n) is 10.7. The molecule has 0 aliphatic carbocycles. The second kappa shape index (κ2) is 4.68. The first-order valence-electron chi connectivity index (χ1n) is 5.33. The Kier molecular flexibility index (Phi) is 3.81. The molecular weight excluding hydrogens is 257 g/mol. The van der Waals surface area contributed by atoms with Crippen LogP contribution in [0, 0.1) is 11.2 Å². The van der Waals surface area contributed by atoms with Gasteiger partial charge in [-0.15, -0.1) is 0 Å². The van der Waals surface area contributed by atoms with E-state index in [9.17, 15) is 17.6 Å². The van der Waals surface area contributed by atoms with E-state index in [-0.39, 0.29) is 16.5 Å². The topological polar surface area (TPSA) is 63.2 Å². The van der Waals surface area contributed by atoms with Crippen molar-refractivity contribution in [2.75, 3.05) is 11.6 Å². The number of anilines is 1. The summed E-state index contributed by atoms with van der Waals surface area (Å²) < 4.78 is 36.0. The fourth-order valence-corrected chi connectivity index (χ4v) is 1.93. The Morgan fingerprint density at radius 2 is 1.83 bits per heavy atom. The van der Waals surface area contributed by atoms with Gasteiger partial charge in [-0.1, -0.05) is 20.8 Å². The van der Waals surface area contributed by atoms with E-state index in [1.165, 1.54) is 6.07 Å². The van der Waals surface area contributed by atoms with Crippen molar-refractivity contribution in [1.82, 2.24) is 0 Å². The molecule has 1 aromatic rings. The number of hydrogen-bond donors (Lipinski definition) is 1. The minimum absolute atomic E-state index is 0.236. The predicted molar refractivity (Wildman–Crippen MR) is 67.6 cm³/mol. The molecule has 0 saturated carbocycles. The fraction of sp³-hybridized carbons (Fsp3) is 0.417. The molecule has 18 heavy (non-hydrogen) atoms. The van der Waals surface area contributed by atoms with E-state index in [2.05, 4.69) is 5.32 Å². The third-order valence-corrected chi connectivity index (χ3v) is 3.40. The van der Waals surface area contributed by atoms with Gasteiger partial charge in [-0.3, -0.25) is 4.79 Å². The molecule has 0 spiro atoms. The van der Waals surface area contributed by atoms with Gasteiger partial charge in [0.15, 0.2) is 9.84 Å². The zero-order chi connectivity index (χ0) is 14.1. The molecule has 0 aliphatic rings. The summed E-state index contributed by atoms with van der Waals surface area (Å²) in [7, 11) is -3.59. The molecule has 4 nitrogen and oxygen atoms in total. The smallest absolute Gasteiger partial charge is 0.229 e. The van der Waals surface area contributed by atoms with Crippen molar-refractivity contribution in [3.05, 3.63) is 24.0 Å². The minimum atomic E-state index is -3.59. The summed E-state index contributed by atoms with van der Waals surface area (Å²) in [4.78, 5) is 11.3. The van der Waals surface area contributed by atoms with E-state index in [0.717, 1.165) is 18.4 Å². The lowest BCUT2D eigenvalue weighted by molar-refractivity contribution is -0.123. The number of nitrogens with one attached hydrogen (secondary N) is 1. The second-order valence-electron chi connectivity index (χ2n) is 5.12. The number of benzene rings is 1. The maximum atomic E-state index is 13.6. The largest absolute Gasteiger partial charge is 0.326 e. The standard InChI is InChI=1S/C12H16FNO3S/c1-12(2,3)11(15)14-8-5-6-10(9(13)7-8)18(4,16)17/h5-7H,1-4H3,(H,14,15). The molecule has 0 aromatic heterocycles. The number of carbonyl (C=O) groups excluding carboxylic acids is 1. The van der Waals surface area contributed by atoms with Crippen molar-refractivity contribution in [2.24, 2.45) is 5.41 Å². The predicted octanol–water partition coefficient (Wildman–Crippen LogP) is 2.21. The van der Waals surface area contributed by atoms with Crippen LogP contribution in [0.3, 0.4) is 0 Å². The number of halogens is 1. The first kappa shape index (κ1) is 14.6. The van der Waals surface area contributed by atoms with Gasteiger partial charge in [0.25, 0.3) is 0 Å². The Morgan fingerprint density at radius 1 is 1.28 bits per heavy atom. The average molecular weight is 273 g/mol. The lowest BCUT2D eigenvalue weighted by atomic mass is 9.95. The zero-order valence-corrected chi connectivity index (χ0v) is 11.6. The number of carbonyl (C=O) groups is 1. The molecule has 0 unspecified atom stereocenters. The maximum absolute atomic E-state index is 13.6. The Bertz CT molecular complexity index is 573. The van der Waals surface area contributed by atoms with Gasteiger partial charge in [-0.05, 0) is 18.2 Å². The van der Waals surface area contributed by atoms with Crippen LogP contribution in [0.15, 0.2) is 23.1 Å². The number of amides is 1. The van der Waals surface area contributed by atoms with Crippen molar-refractivity contribution in [2.45, 2.75) is 25.7 Å². The molecule has 0 saturated heterocycles. The molecule has 0 heterocycles. The SMILES string of the molecule is CC(C)(C)C(=O)Nc1ccc(S(C)(=O)=O)c(F)c1. The van der Waals surface area contributed by atoms with Crippen LogP contribution in [0.5, 0.6) is 0 Å².